The van der Waals surface area contributed by atoms with Crippen LogP contribution in [0.3, 0.4) is 0 Å². The van der Waals surface area contributed by atoms with Crippen molar-refractivity contribution in [3.8, 4) is 0 Å². The highest BCUT2D eigenvalue weighted by Crippen LogP contribution is 2.24. The Morgan fingerprint density at radius 3 is 2.82 bits per heavy atom. The molecule has 2 rings (SSSR count). The third-order valence-electron chi connectivity index (χ3n) is 1.95. The number of hydrogen-bond donors (Lipinski definition) is 0. The van der Waals surface area contributed by atoms with Crippen LogP contribution < -0.4 is 0 Å². The lowest BCUT2D eigenvalue weighted by Gasteiger charge is -2.17. The summed E-state index contributed by atoms with van der Waals surface area (Å²) in [5.74, 6) is 1.18. The number of aromatic nitrogens is 2. The van der Waals surface area contributed by atoms with Gasteiger partial charge in [-0.1, -0.05) is 0 Å². The van der Waals surface area contributed by atoms with Crippen LogP contribution in [0.25, 0.3) is 0 Å². The lowest BCUT2D eigenvalue weighted by molar-refractivity contribution is 0.0794. The number of nitrogens with zero attached hydrogens (tertiary/aromatic N) is 2. The standard InChI is InChI=1S/C7H10N2O2/c1-3-10-4-2-6(1)7-9-8-5-11-7/h5-6H,1-4H2. The molecule has 4 heteroatoms. The van der Waals surface area contributed by atoms with Gasteiger partial charge in [0.2, 0.25) is 12.3 Å². The van der Waals surface area contributed by atoms with Crippen molar-refractivity contribution < 1.29 is 9.15 Å². The molecule has 0 saturated carbocycles. The number of rotatable bonds is 1. The van der Waals surface area contributed by atoms with Crippen molar-refractivity contribution in [2.75, 3.05) is 13.2 Å². The maximum Gasteiger partial charge on any atom is 0.219 e. The topological polar surface area (TPSA) is 48.2 Å². The van der Waals surface area contributed by atoms with Gasteiger partial charge in [-0.3, -0.25) is 0 Å². The van der Waals surface area contributed by atoms with E-state index in [0.717, 1.165) is 31.9 Å². The van der Waals surface area contributed by atoms with Gasteiger partial charge in [0, 0.05) is 19.1 Å². The van der Waals surface area contributed by atoms with E-state index in [1.54, 1.807) is 0 Å². The van der Waals surface area contributed by atoms with Gasteiger partial charge in [0.25, 0.3) is 0 Å². The molecule has 0 unspecified atom stereocenters. The van der Waals surface area contributed by atoms with Crippen molar-refractivity contribution >= 4 is 0 Å². The minimum absolute atomic E-state index is 0.422. The summed E-state index contributed by atoms with van der Waals surface area (Å²) >= 11 is 0. The third-order valence-corrected chi connectivity index (χ3v) is 1.95. The SMILES string of the molecule is c1nnc(C2CCOCC2)o1. The smallest absolute Gasteiger partial charge is 0.219 e. The van der Waals surface area contributed by atoms with Crippen LogP contribution in [0.5, 0.6) is 0 Å². The van der Waals surface area contributed by atoms with Gasteiger partial charge in [0.1, 0.15) is 0 Å². The monoisotopic (exact) mass is 154 g/mol. The molecule has 11 heavy (non-hydrogen) atoms. The van der Waals surface area contributed by atoms with Crippen molar-refractivity contribution in [2.24, 2.45) is 0 Å². The quantitative estimate of drug-likeness (QED) is 0.604. The molecule has 2 heterocycles. The first-order valence-electron chi connectivity index (χ1n) is 3.80. The molecule has 0 radical (unpaired) electrons. The Kier molecular flexibility index (Phi) is 1.85. The average molecular weight is 154 g/mol. The van der Waals surface area contributed by atoms with Crippen molar-refractivity contribution in [3.05, 3.63) is 12.3 Å². The van der Waals surface area contributed by atoms with Gasteiger partial charge in [-0.15, -0.1) is 10.2 Å². The fourth-order valence-electron chi connectivity index (χ4n) is 1.30. The lowest BCUT2D eigenvalue weighted by Crippen LogP contribution is -2.14. The van der Waals surface area contributed by atoms with E-state index in [1.807, 2.05) is 0 Å². The summed E-state index contributed by atoms with van der Waals surface area (Å²) in [6, 6.07) is 0. The highest BCUT2D eigenvalue weighted by molar-refractivity contribution is 4.89. The van der Waals surface area contributed by atoms with E-state index < -0.39 is 0 Å². The van der Waals surface area contributed by atoms with E-state index in [1.165, 1.54) is 6.39 Å². The normalized spacial score (nSPS) is 20.4. The average Bonchev–Trinajstić information content (AvgIpc) is 2.58. The summed E-state index contributed by atoms with van der Waals surface area (Å²) in [4.78, 5) is 0. The van der Waals surface area contributed by atoms with Gasteiger partial charge in [-0.25, -0.2) is 0 Å². The first-order chi connectivity index (χ1) is 5.47. The molecule has 4 nitrogen and oxygen atoms in total. The second-order valence-electron chi connectivity index (χ2n) is 2.66. The fraction of sp³-hybridized carbons (Fsp3) is 0.714. The molecule has 1 fully saturated rings. The number of ether oxygens (including phenoxy) is 1. The van der Waals surface area contributed by atoms with E-state index in [2.05, 4.69) is 10.2 Å². The van der Waals surface area contributed by atoms with Crippen LogP contribution in [0.1, 0.15) is 24.7 Å². The molecule has 0 aromatic carbocycles. The van der Waals surface area contributed by atoms with E-state index in [-0.39, 0.29) is 0 Å². The molecular formula is C7H10N2O2. The van der Waals surface area contributed by atoms with Crippen LogP contribution >= 0.6 is 0 Å². The largest absolute Gasteiger partial charge is 0.428 e. The number of hydrogen-bond acceptors (Lipinski definition) is 4. The zero-order valence-electron chi connectivity index (χ0n) is 6.19. The zero-order chi connectivity index (χ0) is 7.52. The Balaban J connectivity index is 2.04. The van der Waals surface area contributed by atoms with Gasteiger partial charge in [-0.2, -0.15) is 0 Å². The molecule has 0 amide bonds. The predicted molar refractivity (Wildman–Crippen MR) is 37.1 cm³/mol. The van der Waals surface area contributed by atoms with Crippen molar-refractivity contribution in [2.45, 2.75) is 18.8 Å². The minimum Gasteiger partial charge on any atom is -0.428 e. The fourth-order valence-corrected chi connectivity index (χ4v) is 1.30. The first-order valence-corrected chi connectivity index (χ1v) is 3.80. The molecule has 60 valence electrons. The summed E-state index contributed by atoms with van der Waals surface area (Å²) in [5.41, 5.74) is 0. The molecule has 1 aliphatic heterocycles. The molecule has 0 spiro atoms. The second-order valence-corrected chi connectivity index (χ2v) is 2.66. The van der Waals surface area contributed by atoms with Gasteiger partial charge >= 0.3 is 0 Å². The van der Waals surface area contributed by atoms with Gasteiger partial charge in [0.15, 0.2) is 0 Å². The van der Waals surface area contributed by atoms with Crippen molar-refractivity contribution in [3.63, 3.8) is 0 Å². The van der Waals surface area contributed by atoms with Gasteiger partial charge < -0.3 is 9.15 Å². The maximum atomic E-state index is 5.21. The Hall–Kier alpha value is -0.900. The Labute approximate surface area is 64.6 Å². The predicted octanol–water partition coefficient (Wildman–Crippen LogP) is 0.964. The van der Waals surface area contributed by atoms with Crippen LogP contribution in [0.4, 0.5) is 0 Å². The van der Waals surface area contributed by atoms with Crippen molar-refractivity contribution in [1.82, 2.24) is 10.2 Å². The van der Waals surface area contributed by atoms with E-state index in [4.69, 9.17) is 9.15 Å². The minimum atomic E-state index is 0.422. The molecule has 0 bridgehead atoms. The summed E-state index contributed by atoms with van der Waals surface area (Å²) in [6.07, 6.45) is 3.38. The van der Waals surface area contributed by atoms with Crippen LogP contribution in [0.2, 0.25) is 0 Å². The van der Waals surface area contributed by atoms with Gasteiger partial charge in [0.05, 0.1) is 0 Å². The summed E-state index contributed by atoms with van der Waals surface area (Å²) in [7, 11) is 0. The summed E-state index contributed by atoms with van der Waals surface area (Å²) < 4.78 is 10.3. The molecule has 1 aromatic heterocycles. The molecule has 1 saturated heterocycles. The molecule has 0 atom stereocenters. The summed E-state index contributed by atoms with van der Waals surface area (Å²) in [5, 5.41) is 7.51. The first kappa shape index (κ1) is 6.79. The highest BCUT2D eigenvalue weighted by atomic mass is 16.5. The zero-order valence-corrected chi connectivity index (χ0v) is 6.19. The Morgan fingerprint density at radius 1 is 1.36 bits per heavy atom. The van der Waals surface area contributed by atoms with Gasteiger partial charge in [-0.05, 0) is 12.8 Å². The van der Waals surface area contributed by atoms with Crippen LogP contribution in [-0.4, -0.2) is 23.4 Å². The van der Waals surface area contributed by atoms with Crippen LogP contribution in [0, 0.1) is 0 Å². The molecule has 1 aromatic rings. The van der Waals surface area contributed by atoms with Crippen LogP contribution in [-0.2, 0) is 4.74 Å². The van der Waals surface area contributed by atoms with E-state index in [9.17, 15) is 0 Å². The van der Waals surface area contributed by atoms with Crippen molar-refractivity contribution in [1.29, 1.82) is 0 Å². The lowest BCUT2D eigenvalue weighted by atomic mass is 10.0. The second kappa shape index (κ2) is 3.00. The van der Waals surface area contributed by atoms with E-state index >= 15 is 0 Å². The van der Waals surface area contributed by atoms with Crippen LogP contribution in [0.15, 0.2) is 10.8 Å². The molecular weight excluding hydrogens is 144 g/mol. The Morgan fingerprint density at radius 2 is 2.18 bits per heavy atom. The molecule has 0 N–H and O–H groups in total. The molecule has 1 aliphatic rings. The summed E-state index contributed by atoms with van der Waals surface area (Å²) in [6.45, 7) is 1.63. The highest BCUT2D eigenvalue weighted by Gasteiger charge is 2.19. The Bertz CT molecular complexity index is 204. The van der Waals surface area contributed by atoms with E-state index in [0.29, 0.717) is 5.92 Å². The third kappa shape index (κ3) is 1.40. The molecule has 0 aliphatic carbocycles. The maximum absolute atomic E-state index is 5.21.